The van der Waals surface area contributed by atoms with E-state index in [9.17, 15) is 4.79 Å². The van der Waals surface area contributed by atoms with Crippen molar-refractivity contribution in [2.45, 2.75) is 13.0 Å². The van der Waals surface area contributed by atoms with Gasteiger partial charge in [0.25, 0.3) is 5.91 Å². The molecule has 0 saturated carbocycles. The highest BCUT2D eigenvalue weighted by atomic mass is 16.2. The van der Waals surface area contributed by atoms with Gasteiger partial charge < -0.3 is 5.32 Å². The maximum atomic E-state index is 12.7. The summed E-state index contributed by atoms with van der Waals surface area (Å²) in [6.45, 7) is 2.03. The van der Waals surface area contributed by atoms with Gasteiger partial charge in [0.1, 0.15) is 30.0 Å². The third-order valence-electron chi connectivity index (χ3n) is 4.21. The molecule has 3 heterocycles. The number of aromatic nitrogens is 6. The van der Waals surface area contributed by atoms with Crippen LogP contribution in [-0.2, 0) is 0 Å². The van der Waals surface area contributed by atoms with E-state index >= 15 is 0 Å². The predicted octanol–water partition coefficient (Wildman–Crippen LogP) is 2.72. The third-order valence-corrected chi connectivity index (χ3v) is 4.21. The fourth-order valence-corrected chi connectivity index (χ4v) is 2.79. The lowest BCUT2D eigenvalue weighted by molar-refractivity contribution is 0.102. The van der Waals surface area contributed by atoms with Gasteiger partial charge in [0, 0.05) is 6.07 Å². The normalized spacial score (nSPS) is 11.9. The molecular weight excluding hydrogens is 342 g/mol. The smallest absolute Gasteiger partial charge is 0.275 e. The van der Waals surface area contributed by atoms with E-state index in [1.807, 2.05) is 37.3 Å². The summed E-state index contributed by atoms with van der Waals surface area (Å²) in [5.74, 6) is 0.860. The van der Waals surface area contributed by atoms with Crippen LogP contribution in [0.2, 0.25) is 0 Å². The monoisotopic (exact) mass is 359 g/mol. The van der Waals surface area contributed by atoms with E-state index in [0.717, 1.165) is 5.56 Å². The first-order chi connectivity index (χ1) is 13.2. The first-order valence-corrected chi connectivity index (χ1v) is 8.44. The van der Waals surface area contributed by atoms with Crippen LogP contribution in [0.15, 0.2) is 73.4 Å². The average Bonchev–Trinajstić information content (AvgIpc) is 3.40. The van der Waals surface area contributed by atoms with Crippen molar-refractivity contribution in [3.05, 3.63) is 84.7 Å². The second kappa shape index (κ2) is 7.20. The molecule has 4 aromatic rings. The van der Waals surface area contributed by atoms with Crippen LogP contribution >= 0.6 is 0 Å². The molecule has 1 atom stereocenters. The molecule has 8 nitrogen and oxygen atoms in total. The molecule has 1 unspecified atom stereocenters. The van der Waals surface area contributed by atoms with Gasteiger partial charge in [-0.2, -0.15) is 5.10 Å². The summed E-state index contributed by atoms with van der Waals surface area (Å²) in [6, 6.07) is 16.9. The third kappa shape index (κ3) is 3.45. The predicted molar refractivity (Wildman–Crippen MR) is 99.6 cm³/mol. The highest BCUT2D eigenvalue weighted by Gasteiger charge is 2.16. The largest absolute Gasteiger partial charge is 0.305 e. The molecule has 8 heteroatoms. The van der Waals surface area contributed by atoms with Crippen LogP contribution in [0.3, 0.4) is 0 Å². The Hall–Kier alpha value is -3.81. The van der Waals surface area contributed by atoms with E-state index in [-0.39, 0.29) is 11.9 Å². The molecule has 0 spiro atoms. The quantitative estimate of drug-likeness (QED) is 0.592. The Balaban J connectivity index is 1.56. The average molecular weight is 359 g/mol. The number of anilines is 1. The Morgan fingerprint density at radius 2 is 1.78 bits per heavy atom. The molecule has 0 aliphatic rings. The minimum absolute atomic E-state index is 0.0205. The van der Waals surface area contributed by atoms with E-state index < -0.39 is 0 Å². The molecule has 1 amide bonds. The number of nitrogens with zero attached hydrogens (tertiary/aromatic N) is 6. The lowest BCUT2D eigenvalue weighted by Gasteiger charge is -2.16. The van der Waals surface area contributed by atoms with Crippen molar-refractivity contribution in [1.82, 2.24) is 29.5 Å². The minimum Gasteiger partial charge on any atom is -0.305 e. The molecule has 0 aliphatic heterocycles. The van der Waals surface area contributed by atoms with E-state index in [4.69, 9.17) is 0 Å². The summed E-state index contributed by atoms with van der Waals surface area (Å²) in [6.07, 6.45) is 4.72. The molecule has 0 fully saturated rings. The maximum absolute atomic E-state index is 12.7. The highest BCUT2D eigenvalue weighted by Crippen LogP contribution is 2.21. The van der Waals surface area contributed by atoms with E-state index in [1.165, 1.54) is 12.7 Å². The Morgan fingerprint density at radius 3 is 2.56 bits per heavy atom. The zero-order valence-corrected chi connectivity index (χ0v) is 14.6. The topological polar surface area (TPSA) is 90.5 Å². The SMILES string of the molecule is CC(c1ccccc1)n1nccc1NC(=O)c1cccc(-n2cnnc2)n1. The first-order valence-electron chi connectivity index (χ1n) is 8.44. The van der Waals surface area contributed by atoms with Crippen molar-refractivity contribution in [3.8, 4) is 5.82 Å². The molecule has 0 radical (unpaired) electrons. The van der Waals surface area contributed by atoms with Gasteiger partial charge in [0.05, 0.1) is 12.2 Å². The number of carbonyl (C=O) groups excluding carboxylic acids is 1. The zero-order chi connectivity index (χ0) is 18.6. The number of benzene rings is 1. The molecule has 0 aliphatic carbocycles. The van der Waals surface area contributed by atoms with Gasteiger partial charge in [0.15, 0.2) is 0 Å². The molecule has 0 saturated heterocycles. The molecule has 1 aromatic carbocycles. The summed E-state index contributed by atoms with van der Waals surface area (Å²) < 4.78 is 3.41. The van der Waals surface area contributed by atoms with E-state index in [1.54, 1.807) is 39.7 Å². The fourth-order valence-electron chi connectivity index (χ4n) is 2.79. The number of carbonyl (C=O) groups is 1. The Morgan fingerprint density at radius 1 is 1.00 bits per heavy atom. The zero-order valence-electron chi connectivity index (χ0n) is 14.6. The fraction of sp³-hybridized carbons (Fsp3) is 0.105. The Kier molecular flexibility index (Phi) is 4.44. The lowest BCUT2D eigenvalue weighted by Crippen LogP contribution is -2.19. The molecule has 134 valence electrons. The van der Waals surface area contributed by atoms with Crippen molar-refractivity contribution < 1.29 is 4.79 Å². The van der Waals surface area contributed by atoms with Crippen LogP contribution in [0, 0.1) is 0 Å². The van der Waals surface area contributed by atoms with Gasteiger partial charge in [-0.15, -0.1) is 10.2 Å². The van der Waals surface area contributed by atoms with Crippen molar-refractivity contribution >= 4 is 11.7 Å². The molecular formula is C19H17N7O. The highest BCUT2D eigenvalue weighted by molar-refractivity contribution is 6.02. The number of hydrogen-bond donors (Lipinski definition) is 1. The van der Waals surface area contributed by atoms with Gasteiger partial charge in [-0.3, -0.25) is 9.36 Å². The Labute approximate surface area is 155 Å². The van der Waals surface area contributed by atoms with Crippen LogP contribution in [-0.4, -0.2) is 35.4 Å². The molecule has 4 rings (SSSR count). The van der Waals surface area contributed by atoms with Crippen molar-refractivity contribution in [3.63, 3.8) is 0 Å². The molecule has 1 N–H and O–H groups in total. The summed E-state index contributed by atoms with van der Waals surface area (Å²) in [4.78, 5) is 17.1. The van der Waals surface area contributed by atoms with Crippen LogP contribution in [0.5, 0.6) is 0 Å². The van der Waals surface area contributed by atoms with Crippen LogP contribution in [0.25, 0.3) is 5.82 Å². The van der Waals surface area contributed by atoms with Crippen molar-refractivity contribution in [1.29, 1.82) is 0 Å². The second-order valence-electron chi connectivity index (χ2n) is 5.95. The van der Waals surface area contributed by atoms with Gasteiger partial charge in [-0.25, -0.2) is 9.67 Å². The number of amides is 1. The van der Waals surface area contributed by atoms with Crippen LogP contribution < -0.4 is 5.32 Å². The Bertz CT molecular complexity index is 1040. The van der Waals surface area contributed by atoms with Gasteiger partial charge in [-0.1, -0.05) is 36.4 Å². The first kappa shape index (κ1) is 16.6. The van der Waals surface area contributed by atoms with Crippen molar-refractivity contribution in [2.24, 2.45) is 0 Å². The van der Waals surface area contributed by atoms with Crippen molar-refractivity contribution in [2.75, 3.05) is 5.32 Å². The van der Waals surface area contributed by atoms with Crippen LogP contribution in [0.4, 0.5) is 5.82 Å². The maximum Gasteiger partial charge on any atom is 0.275 e. The number of pyridine rings is 1. The van der Waals surface area contributed by atoms with Crippen LogP contribution in [0.1, 0.15) is 29.0 Å². The second-order valence-corrected chi connectivity index (χ2v) is 5.95. The summed E-state index contributed by atoms with van der Waals surface area (Å²) in [5.41, 5.74) is 1.39. The summed E-state index contributed by atoms with van der Waals surface area (Å²) >= 11 is 0. The molecule has 27 heavy (non-hydrogen) atoms. The summed E-state index contributed by atoms with van der Waals surface area (Å²) in [5, 5.41) is 14.8. The summed E-state index contributed by atoms with van der Waals surface area (Å²) in [7, 11) is 0. The lowest BCUT2D eigenvalue weighted by atomic mass is 10.1. The minimum atomic E-state index is -0.313. The molecule has 0 bridgehead atoms. The number of hydrogen-bond acceptors (Lipinski definition) is 5. The van der Waals surface area contributed by atoms with E-state index in [2.05, 4.69) is 25.6 Å². The standard InChI is InChI=1S/C19H17N7O/c1-14(15-6-3-2-4-7-15)26-18(10-11-22-26)24-19(27)16-8-5-9-17(23-16)25-12-20-21-13-25/h2-14H,1H3,(H,24,27). The number of rotatable bonds is 5. The van der Waals surface area contributed by atoms with E-state index in [0.29, 0.717) is 17.3 Å². The number of nitrogens with one attached hydrogen (secondary N) is 1. The van der Waals surface area contributed by atoms with Gasteiger partial charge in [-0.05, 0) is 24.6 Å². The van der Waals surface area contributed by atoms with Gasteiger partial charge >= 0.3 is 0 Å². The van der Waals surface area contributed by atoms with Gasteiger partial charge in [0.2, 0.25) is 0 Å². The molecule has 3 aromatic heterocycles.